The van der Waals surface area contributed by atoms with Gasteiger partial charge in [-0.2, -0.15) is 0 Å². The van der Waals surface area contributed by atoms with Gasteiger partial charge in [0.15, 0.2) is 28.1 Å². The molecule has 1 aliphatic carbocycles. The van der Waals surface area contributed by atoms with Crippen molar-refractivity contribution in [1.82, 2.24) is 19.8 Å². The fourth-order valence-electron chi connectivity index (χ4n) is 5.82. The summed E-state index contributed by atoms with van der Waals surface area (Å²) in [6.07, 6.45) is 4.33. The van der Waals surface area contributed by atoms with Crippen LogP contribution in [0.2, 0.25) is 0 Å². The van der Waals surface area contributed by atoms with E-state index in [-0.39, 0.29) is 39.4 Å². The molecule has 1 amide bonds. The van der Waals surface area contributed by atoms with Gasteiger partial charge >= 0.3 is 0 Å². The summed E-state index contributed by atoms with van der Waals surface area (Å²) in [7, 11) is 0. The lowest BCUT2D eigenvalue weighted by molar-refractivity contribution is 0.0426. The van der Waals surface area contributed by atoms with Gasteiger partial charge in [-0.25, -0.2) is 13.2 Å². The lowest BCUT2D eigenvalue weighted by Gasteiger charge is -2.51. The van der Waals surface area contributed by atoms with Crippen molar-refractivity contribution in [3.05, 3.63) is 62.3 Å². The van der Waals surface area contributed by atoms with Crippen LogP contribution in [0.1, 0.15) is 47.2 Å². The fraction of sp³-hybridized carbons (Fsp3) is 0.417. The Kier molecular flexibility index (Phi) is 5.32. The zero-order valence-electron chi connectivity index (χ0n) is 19.2. The molecule has 2 fully saturated rings. The number of aromatic hydroxyl groups is 1. The van der Waals surface area contributed by atoms with Crippen LogP contribution in [-0.2, 0) is 6.42 Å². The fourth-order valence-corrected chi connectivity index (χ4v) is 6.69. The third kappa shape index (κ3) is 3.41. The summed E-state index contributed by atoms with van der Waals surface area (Å²) in [6.45, 7) is 3.03. The van der Waals surface area contributed by atoms with Crippen LogP contribution in [0, 0.1) is 29.3 Å². The molecule has 2 bridgehead atoms. The van der Waals surface area contributed by atoms with E-state index < -0.39 is 34.5 Å². The third-order valence-corrected chi connectivity index (χ3v) is 8.40. The van der Waals surface area contributed by atoms with Crippen molar-refractivity contribution in [3.63, 3.8) is 0 Å². The monoisotopic (exact) mass is 517 g/mol. The van der Waals surface area contributed by atoms with Crippen molar-refractivity contribution in [1.29, 1.82) is 0 Å². The van der Waals surface area contributed by atoms with Gasteiger partial charge in [-0.05, 0) is 49.7 Å². The van der Waals surface area contributed by atoms with E-state index in [4.69, 9.17) is 0 Å². The van der Waals surface area contributed by atoms with Crippen LogP contribution >= 0.6 is 11.3 Å². The van der Waals surface area contributed by atoms with Crippen molar-refractivity contribution in [2.24, 2.45) is 11.8 Å². The Morgan fingerprint density at radius 1 is 1.11 bits per heavy atom. The van der Waals surface area contributed by atoms with Crippen molar-refractivity contribution in [2.45, 2.75) is 38.8 Å². The largest absolute Gasteiger partial charge is 0.502 e. The number of rotatable bonds is 4. The standard InChI is InChI=1S/C24H22F3N5O3S/c1-2-30-23-12-4-3-11(5-12)9-32(23)31-10-14(20(33)21(34)19(31)24(30)35)22-29-28-18(36-22)7-13-6-16(26)17(27)8-15(13)25/h6,8,10-12,23,34H,2-5,7,9H2,1H3/t11-,12+,23+/m1/s1. The minimum Gasteiger partial charge on any atom is -0.502 e. The van der Waals surface area contributed by atoms with Gasteiger partial charge < -0.3 is 10.0 Å². The first kappa shape index (κ1) is 23.0. The van der Waals surface area contributed by atoms with Gasteiger partial charge in [-0.15, -0.1) is 10.2 Å². The van der Waals surface area contributed by atoms with Crippen LogP contribution in [0.3, 0.4) is 0 Å². The summed E-state index contributed by atoms with van der Waals surface area (Å²) in [5.74, 6) is -3.65. The smallest absolute Gasteiger partial charge is 0.278 e. The molecule has 1 N–H and O–H groups in total. The summed E-state index contributed by atoms with van der Waals surface area (Å²) in [4.78, 5) is 28.2. The van der Waals surface area contributed by atoms with Crippen molar-refractivity contribution in [2.75, 3.05) is 18.1 Å². The van der Waals surface area contributed by atoms with E-state index in [0.29, 0.717) is 31.0 Å². The molecular formula is C24H22F3N5O3S. The summed E-state index contributed by atoms with van der Waals surface area (Å²) < 4.78 is 42.5. The summed E-state index contributed by atoms with van der Waals surface area (Å²) in [5, 5.41) is 21.4. The van der Waals surface area contributed by atoms with Gasteiger partial charge in [-0.1, -0.05) is 11.3 Å². The molecule has 3 aliphatic rings. The number of piperidine rings is 1. The lowest BCUT2D eigenvalue weighted by atomic mass is 9.94. The van der Waals surface area contributed by atoms with Crippen LogP contribution in [0.5, 0.6) is 5.75 Å². The molecule has 1 saturated heterocycles. The Morgan fingerprint density at radius 2 is 1.89 bits per heavy atom. The number of hydrogen-bond donors (Lipinski definition) is 1. The highest BCUT2D eigenvalue weighted by Gasteiger charge is 2.49. The zero-order chi connectivity index (χ0) is 25.3. The second kappa shape index (κ2) is 8.32. The lowest BCUT2D eigenvalue weighted by Crippen LogP contribution is -2.65. The molecule has 8 nitrogen and oxygen atoms in total. The highest BCUT2D eigenvalue weighted by Crippen LogP contribution is 2.43. The average Bonchev–Trinajstić information content (AvgIpc) is 3.47. The number of carbonyl (C=O) groups is 1. The molecule has 0 unspecified atom stereocenters. The summed E-state index contributed by atoms with van der Waals surface area (Å²) in [6, 6.07) is 1.24. The Hall–Kier alpha value is -3.41. The molecule has 188 valence electrons. The maximum absolute atomic E-state index is 14.1. The predicted molar refractivity (Wildman–Crippen MR) is 125 cm³/mol. The van der Waals surface area contributed by atoms with Crippen molar-refractivity contribution < 1.29 is 23.1 Å². The third-order valence-electron chi connectivity index (χ3n) is 7.45. The van der Waals surface area contributed by atoms with Gasteiger partial charge in [0, 0.05) is 31.8 Å². The first-order chi connectivity index (χ1) is 17.3. The van der Waals surface area contributed by atoms with Crippen LogP contribution in [0.25, 0.3) is 10.6 Å². The van der Waals surface area contributed by atoms with E-state index in [1.165, 1.54) is 6.20 Å². The molecule has 3 atom stereocenters. The van der Waals surface area contributed by atoms with Gasteiger partial charge in [0.2, 0.25) is 5.43 Å². The Balaban J connectivity index is 1.41. The van der Waals surface area contributed by atoms with E-state index in [1.54, 1.807) is 9.58 Å². The first-order valence-corrected chi connectivity index (χ1v) is 12.6. The van der Waals surface area contributed by atoms with E-state index in [1.807, 2.05) is 11.9 Å². The van der Waals surface area contributed by atoms with E-state index >= 15 is 0 Å². The second-order valence-corrected chi connectivity index (χ2v) is 10.6. The molecule has 2 aliphatic heterocycles. The quantitative estimate of drug-likeness (QED) is 0.535. The van der Waals surface area contributed by atoms with Crippen LogP contribution in [0.15, 0.2) is 23.1 Å². The molecule has 6 rings (SSSR count). The van der Waals surface area contributed by atoms with Crippen LogP contribution in [0.4, 0.5) is 13.2 Å². The molecule has 0 radical (unpaired) electrons. The minimum absolute atomic E-state index is 0.0557. The number of fused-ring (bicyclic) bond motifs is 6. The predicted octanol–water partition coefficient (Wildman–Crippen LogP) is 3.25. The number of hydrogen-bond acceptors (Lipinski definition) is 7. The SMILES string of the molecule is CCN1C(=O)c2c(O)c(=O)c(-c3nnc(Cc4cc(F)c(F)cc4F)s3)cn2N2C[C@@H]3CC[C@@H](C3)[C@@H]12. The molecule has 4 heterocycles. The second-order valence-electron chi connectivity index (χ2n) is 9.52. The van der Waals surface area contributed by atoms with Gasteiger partial charge in [-0.3, -0.25) is 19.3 Å². The number of nitrogens with zero attached hydrogens (tertiary/aromatic N) is 5. The Bertz CT molecular complexity index is 1460. The summed E-state index contributed by atoms with van der Waals surface area (Å²) >= 11 is 0.978. The normalized spacial score (nSPS) is 22.7. The zero-order valence-corrected chi connectivity index (χ0v) is 20.1. The van der Waals surface area contributed by atoms with E-state index in [2.05, 4.69) is 10.2 Å². The number of carbonyl (C=O) groups excluding carboxylic acids is 1. The van der Waals surface area contributed by atoms with Gasteiger partial charge in [0.1, 0.15) is 17.0 Å². The number of benzene rings is 1. The first-order valence-electron chi connectivity index (χ1n) is 11.8. The van der Waals surface area contributed by atoms with Crippen molar-refractivity contribution >= 4 is 17.2 Å². The van der Waals surface area contributed by atoms with E-state index in [9.17, 15) is 27.9 Å². The molecular weight excluding hydrogens is 495 g/mol. The molecule has 0 spiro atoms. The molecule has 1 saturated carbocycles. The summed E-state index contributed by atoms with van der Waals surface area (Å²) in [5.41, 5.74) is -0.874. The maximum Gasteiger partial charge on any atom is 0.278 e. The Morgan fingerprint density at radius 3 is 2.67 bits per heavy atom. The van der Waals surface area contributed by atoms with Crippen molar-refractivity contribution in [3.8, 4) is 16.3 Å². The van der Waals surface area contributed by atoms with Crippen LogP contribution < -0.4 is 10.4 Å². The average molecular weight is 518 g/mol. The maximum atomic E-state index is 14.1. The molecule has 3 aromatic rings. The number of aromatic nitrogens is 3. The molecule has 12 heteroatoms. The minimum atomic E-state index is -1.28. The molecule has 1 aromatic carbocycles. The number of pyridine rings is 1. The highest BCUT2D eigenvalue weighted by molar-refractivity contribution is 7.14. The van der Waals surface area contributed by atoms with E-state index in [0.717, 1.165) is 36.7 Å². The van der Waals surface area contributed by atoms with Gasteiger partial charge in [0.25, 0.3) is 5.91 Å². The van der Waals surface area contributed by atoms with Gasteiger partial charge in [0.05, 0.1) is 5.56 Å². The highest BCUT2D eigenvalue weighted by atomic mass is 32.1. The number of amides is 1. The Labute approximate surface area is 207 Å². The topological polar surface area (TPSA) is 91.6 Å². The van der Waals surface area contributed by atoms with Crippen LogP contribution in [-0.4, -0.2) is 50.0 Å². The molecule has 36 heavy (non-hydrogen) atoms. The number of halogens is 3. The molecule has 2 aromatic heterocycles.